The van der Waals surface area contributed by atoms with Crippen LogP contribution in [0.15, 0.2) is 48.5 Å². The van der Waals surface area contributed by atoms with Gasteiger partial charge in [0.15, 0.2) is 0 Å². The number of carbonyl (C=O) groups is 2. The normalized spacial score (nSPS) is 20.3. The number of nitrogens with one attached hydrogen (secondary N) is 2. The predicted molar refractivity (Wildman–Crippen MR) is 95.4 cm³/mol. The van der Waals surface area contributed by atoms with Gasteiger partial charge in [-0.15, -0.1) is 0 Å². The number of rotatable bonds is 3. The van der Waals surface area contributed by atoms with Crippen molar-refractivity contribution in [3.05, 3.63) is 64.1 Å². The number of halogens is 2. The van der Waals surface area contributed by atoms with Gasteiger partial charge in [-0.3, -0.25) is 9.59 Å². The molecule has 2 amide bonds. The smallest absolute Gasteiger partial charge is 0.229 e. The fourth-order valence-corrected chi connectivity index (χ4v) is 3.33. The van der Waals surface area contributed by atoms with E-state index >= 15 is 0 Å². The maximum Gasteiger partial charge on any atom is 0.229 e. The van der Waals surface area contributed by atoms with E-state index in [0.29, 0.717) is 22.3 Å². The highest BCUT2D eigenvalue weighted by atomic mass is 35.5. The molecule has 2 N–H and O–H groups in total. The monoisotopic (exact) mass is 362 g/mol. The van der Waals surface area contributed by atoms with Crippen molar-refractivity contribution < 1.29 is 9.59 Å². The molecule has 2 atom stereocenters. The van der Waals surface area contributed by atoms with E-state index in [4.69, 9.17) is 23.2 Å². The summed E-state index contributed by atoms with van der Waals surface area (Å²) in [5.74, 6) is -0.800. The lowest BCUT2D eigenvalue weighted by Gasteiger charge is -2.31. The van der Waals surface area contributed by atoms with Gasteiger partial charge in [-0.2, -0.15) is 0 Å². The molecule has 1 heterocycles. The minimum Gasteiger partial charge on any atom is -0.355 e. The molecule has 6 heteroatoms. The topological polar surface area (TPSA) is 58.2 Å². The van der Waals surface area contributed by atoms with E-state index in [2.05, 4.69) is 10.6 Å². The summed E-state index contributed by atoms with van der Waals surface area (Å²) in [5.41, 5.74) is 1.53. The molecule has 124 valence electrons. The summed E-state index contributed by atoms with van der Waals surface area (Å²) in [6.07, 6.45) is 0.258. The first kappa shape index (κ1) is 16.8. The summed E-state index contributed by atoms with van der Waals surface area (Å²) in [5, 5.41) is 6.78. The second-order valence-electron chi connectivity index (χ2n) is 5.78. The molecule has 0 radical (unpaired) electrons. The first-order valence-electron chi connectivity index (χ1n) is 7.61. The van der Waals surface area contributed by atoms with Crippen LogP contribution in [0.3, 0.4) is 0 Å². The third-order valence-corrected chi connectivity index (χ3v) is 4.59. The molecule has 2 aromatic rings. The average Bonchev–Trinajstić information content (AvgIpc) is 2.54. The summed E-state index contributed by atoms with van der Waals surface area (Å²) < 4.78 is 0. The maximum absolute atomic E-state index is 12.7. The highest BCUT2D eigenvalue weighted by Gasteiger charge is 2.35. The van der Waals surface area contributed by atoms with Gasteiger partial charge in [0.05, 0.1) is 5.92 Å². The summed E-state index contributed by atoms with van der Waals surface area (Å²) in [6, 6.07) is 14.3. The molecule has 24 heavy (non-hydrogen) atoms. The zero-order valence-electron chi connectivity index (χ0n) is 12.8. The van der Waals surface area contributed by atoms with Gasteiger partial charge in [0.2, 0.25) is 11.8 Å². The Labute approximate surface area is 150 Å². The Morgan fingerprint density at radius 2 is 1.79 bits per heavy atom. The quantitative estimate of drug-likeness (QED) is 0.870. The number of carbonyl (C=O) groups excluding carboxylic acids is 2. The molecule has 3 rings (SSSR count). The molecule has 1 aliphatic rings. The largest absolute Gasteiger partial charge is 0.355 e. The van der Waals surface area contributed by atoms with E-state index in [1.54, 1.807) is 30.3 Å². The van der Waals surface area contributed by atoms with Crippen LogP contribution in [0.2, 0.25) is 10.0 Å². The highest BCUT2D eigenvalue weighted by molar-refractivity contribution is 6.31. The van der Waals surface area contributed by atoms with E-state index in [1.165, 1.54) is 0 Å². The van der Waals surface area contributed by atoms with Crippen molar-refractivity contribution in [2.45, 2.75) is 12.3 Å². The molecule has 0 saturated carbocycles. The number of piperidine rings is 1. The lowest BCUT2D eigenvalue weighted by atomic mass is 9.80. The first-order valence-corrected chi connectivity index (χ1v) is 8.37. The van der Waals surface area contributed by atoms with Crippen molar-refractivity contribution in [2.24, 2.45) is 5.92 Å². The summed E-state index contributed by atoms with van der Waals surface area (Å²) >= 11 is 12.0. The van der Waals surface area contributed by atoms with Gasteiger partial charge in [-0.05, 0) is 35.9 Å². The lowest BCUT2D eigenvalue weighted by molar-refractivity contribution is -0.127. The minimum atomic E-state index is -0.375. The van der Waals surface area contributed by atoms with Crippen LogP contribution in [0.5, 0.6) is 0 Å². The maximum atomic E-state index is 12.7. The van der Waals surface area contributed by atoms with Gasteiger partial charge in [0.25, 0.3) is 0 Å². The lowest BCUT2D eigenvalue weighted by Crippen LogP contribution is -2.45. The minimum absolute atomic E-state index is 0.0632. The third kappa shape index (κ3) is 3.89. The highest BCUT2D eigenvalue weighted by Crippen LogP contribution is 2.33. The second kappa shape index (κ2) is 7.24. The van der Waals surface area contributed by atoms with Gasteiger partial charge in [0.1, 0.15) is 0 Å². The first-order chi connectivity index (χ1) is 11.5. The fraction of sp³-hybridized carbons (Fsp3) is 0.222. The van der Waals surface area contributed by atoms with Crippen molar-refractivity contribution in [2.75, 3.05) is 11.9 Å². The van der Waals surface area contributed by atoms with Crippen LogP contribution in [0.1, 0.15) is 17.9 Å². The molecule has 1 unspecified atom stereocenters. The summed E-state index contributed by atoms with van der Waals surface area (Å²) in [4.78, 5) is 24.5. The Kier molecular flexibility index (Phi) is 5.07. The van der Waals surface area contributed by atoms with Gasteiger partial charge < -0.3 is 10.6 Å². The third-order valence-electron chi connectivity index (χ3n) is 4.12. The van der Waals surface area contributed by atoms with Crippen molar-refractivity contribution in [3.63, 3.8) is 0 Å². The number of hydrogen-bond acceptors (Lipinski definition) is 2. The SMILES string of the molecule is O=C1CC(c2cccc(Cl)c2)[C@H](C(=O)Nc2cccc(Cl)c2)CN1. The predicted octanol–water partition coefficient (Wildman–Crippen LogP) is 3.85. The zero-order valence-corrected chi connectivity index (χ0v) is 14.3. The fourth-order valence-electron chi connectivity index (χ4n) is 2.94. The standard InChI is InChI=1S/C18H16Cl2N2O2/c19-12-4-1-3-11(7-12)15-9-17(23)21-10-16(15)18(24)22-14-6-2-5-13(20)8-14/h1-8,15-16H,9-10H2,(H,21,23)(H,22,24)/t15?,16-/m1/s1. The van der Waals surface area contributed by atoms with Gasteiger partial charge in [0, 0.05) is 34.6 Å². The van der Waals surface area contributed by atoms with Crippen LogP contribution in [0, 0.1) is 5.92 Å². The molecular weight excluding hydrogens is 347 g/mol. The van der Waals surface area contributed by atoms with Crippen LogP contribution >= 0.6 is 23.2 Å². The van der Waals surface area contributed by atoms with Crippen molar-refractivity contribution in [3.8, 4) is 0 Å². The van der Waals surface area contributed by atoms with E-state index in [-0.39, 0.29) is 30.1 Å². The number of amides is 2. The molecular formula is C18H16Cl2N2O2. The van der Waals surface area contributed by atoms with Crippen LogP contribution in [-0.4, -0.2) is 18.4 Å². The van der Waals surface area contributed by atoms with Crippen LogP contribution < -0.4 is 10.6 Å². The van der Waals surface area contributed by atoms with Crippen LogP contribution in [0.25, 0.3) is 0 Å². The van der Waals surface area contributed by atoms with Crippen molar-refractivity contribution in [1.29, 1.82) is 0 Å². The van der Waals surface area contributed by atoms with E-state index in [0.717, 1.165) is 5.56 Å². The molecule has 2 aromatic carbocycles. The van der Waals surface area contributed by atoms with Gasteiger partial charge in [-0.25, -0.2) is 0 Å². The molecule has 0 spiro atoms. The van der Waals surface area contributed by atoms with E-state index in [9.17, 15) is 9.59 Å². The molecule has 0 bridgehead atoms. The van der Waals surface area contributed by atoms with Crippen molar-refractivity contribution in [1.82, 2.24) is 5.32 Å². The van der Waals surface area contributed by atoms with Crippen LogP contribution in [-0.2, 0) is 9.59 Å². The number of anilines is 1. The average molecular weight is 363 g/mol. The molecule has 1 fully saturated rings. The Morgan fingerprint density at radius 1 is 1.08 bits per heavy atom. The Morgan fingerprint density at radius 3 is 2.50 bits per heavy atom. The molecule has 1 aliphatic heterocycles. The zero-order chi connectivity index (χ0) is 17.1. The molecule has 4 nitrogen and oxygen atoms in total. The summed E-state index contributed by atoms with van der Waals surface area (Å²) in [6.45, 7) is 0.294. The number of hydrogen-bond donors (Lipinski definition) is 2. The van der Waals surface area contributed by atoms with E-state index < -0.39 is 0 Å². The Balaban J connectivity index is 1.83. The van der Waals surface area contributed by atoms with E-state index in [1.807, 2.05) is 18.2 Å². The van der Waals surface area contributed by atoms with Gasteiger partial charge >= 0.3 is 0 Å². The Bertz CT molecular complexity index is 779. The molecule has 0 aromatic heterocycles. The second-order valence-corrected chi connectivity index (χ2v) is 6.65. The van der Waals surface area contributed by atoms with Gasteiger partial charge in [-0.1, -0.05) is 41.4 Å². The van der Waals surface area contributed by atoms with Crippen molar-refractivity contribution >= 4 is 40.7 Å². The van der Waals surface area contributed by atoms with Crippen LogP contribution in [0.4, 0.5) is 5.69 Å². The molecule has 1 saturated heterocycles. The number of benzene rings is 2. The summed E-state index contributed by atoms with van der Waals surface area (Å²) in [7, 11) is 0. The Hall–Kier alpha value is -2.04. The molecule has 0 aliphatic carbocycles.